The molecule has 1 aliphatic rings. The molecule has 1 amide bonds. The van der Waals surface area contributed by atoms with Crippen molar-refractivity contribution in [2.24, 2.45) is 0 Å². The summed E-state index contributed by atoms with van der Waals surface area (Å²) in [4.78, 5) is 17.2. The molecule has 0 atom stereocenters. The molecule has 4 nitrogen and oxygen atoms in total. The van der Waals surface area contributed by atoms with Crippen LogP contribution < -0.4 is 9.64 Å². The molecule has 0 bridgehead atoms. The van der Waals surface area contributed by atoms with E-state index in [4.69, 9.17) is 4.74 Å². The number of thioether (sulfide) groups is 1. The Morgan fingerprint density at radius 1 is 1.17 bits per heavy atom. The van der Waals surface area contributed by atoms with Gasteiger partial charge < -0.3 is 14.5 Å². The highest BCUT2D eigenvalue weighted by Gasteiger charge is 2.27. The Balaban J connectivity index is 1.68. The predicted octanol–water partition coefficient (Wildman–Crippen LogP) is 3.71. The van der Waals surface area contributed by atoms with Crippen molar-refractivity contribution in [2.45, 2.75) is 6.54 Å². The van der Waals surface area contributed by atoms with Gasteiger partial charge in [0.15, 0.2) is 0 Å². The van der Waals surface area contributed by atoms with Gasteiger partial charge in [0.2, 0.25) is 0 Å². The molecule has 24 heavy (non-hydrogen) atoms. The van der Waals surface area contributed by atoms with E-state index < -0.39 is 0 Å². The van der Waals surface area contributed by atoms with Crippen LogP contribution in [0.3, 0.4) is 0 Å². The van der Waals surface area contributed by atoms with Crippen molar-refractivity contribution in [3.63, 3.8) is 0 Å². The van der Waals surface area contributed by atoms with E-state index in [2.05, 4.69) is 0 Å². The van der Waals surface area contributed by atoms with Crippen LogP contribution in [0.1, 0.15) is 5.56 Å². The first kappa shape index (κ1) is 16.5. The molecular weight excluding hydrogens is 320 g/mol. The number of carbonyl (C=O) groups excluding carboxylic acids is 1. The van der Waals surface area contributed by atoms with Crippen LogP contribution in [0.4, 0.5) is 5.69 Å². The number of hydrogen-bond acceptors (Lipinski definition) is 4. The molecule has 0 spiro atoms. The largest absolute Gasteiger partial charge is 0.497 e. The Morgan fingerprint density at radius 2 is 1.88 bits per heavy atom. The molecule has 124 valence electrons. The standard InChI is InChI=1S/C19H20N2O2S/c1-20(16-8-10-17(23-2)11-9-16)13-18-19(22)21(14-24-18)12-15-6-4-3-5-7-15/h3-11,13H,12,14H2,1-2H3. The second kappa shape index (κ2) is 7.45. The van der Waals surface area contributed by atoms with Gasteiger partial charge in [0.05, 0.1) is 17.9 Å². The first-order valence-corrected chi connectivity index (χ1v) is 8.70. The molecule has 0 N–H and O–H groups in total. The molecule has 1 fully saturated rings. The summed E-state index contributed by atoms with van der Waals surface area (Å²) in [7, 11) is 3.60. The lowest BCUT2D eigenvalue weighted by molar-refractivity contribution is -0.125. The molecule has 0 aliphatic carbocycles. The summed E-state index contributed by atoms with van der Waals surface area (Å²) in [6, 6.07) is 17.8. The van der Waals surface area contributed by atoms with Gasteiger partial charge in [-0.3, -0.25) is 4.79 Å². The molecule has 1 saturated heterocycles. The Bertz CT molecular complexity index is 729. The summed E-state index contributed by atoms with van der Waals surface area (Å²) in [5.74, 6) is 1.60. The average molecular weight is 340 g/mol. The SMILES string of the molecule is COc1ccc(N(C)C=C2SCN(Cc3ccccc3)C2=O)cc1. The summed E-state index contributed by atoms with van der Waals surface area (Å²) in [6.07, 6.45) is 1.90. The van der Waals surface area contributed by atoms with Gasteiger partial charge in [-0.1, -0.05) is 42.1 Å². The highest BCUT2D eigenvalue weighted by molar-refractivity contribution is 8.04. The zero-order valence-electron chi connectivity index (χ0n) is 13.8. The minimum Gasteiger partial charge on any atom is -0.497 e. The maximum atomic E-state index is 12.6. The molecule has 0 radical (unpaired) electrons. The average Bonchev–Trinajstić information content (AvgIpc) is 2.96. The van der Waals surface area contributed by atoms with Gasteiger partial charge in [-0.05, 0) is 29.8 Å². The third-order valence-corrected chi connectivity index (χ3v) is 4.91. The maximum absolute atomic E-state index is 12.6. The topological polar surface area (TPSA) is 32.8 Å². The zero-order valence-corrected chi connectivity index (χ0v) is 14.6. The molecule has 1 aliphatic heterocycles. The number of anilines is 1. The fourth-order valence-electron chi connectivity index (χ4n) is 2.51. The van der Waals surface area contributed by atoms with E-state index in [0.29, 0.717) is 12.4 Å². The quantitative estimate of drug-likeness (QED) is 0.777. The molecular formula is C19H20N2O2S. The summed E-state index contributed by atoms with van der Waals surface area (Å²) in [5, 5.41) is 0. The number of methoxy groups -OCH3 is 1. The molecule has 0 unspecified atom stereocenters. The Morgan fingerprint density at radius 3 is 2.54 bits per heavy atom. The zero-order chi connectivity index (χ0) is 16.9. The first-order valence-electron chi connectivity index (χ1n) is 7.72. The van der Waals surface area contributed by atoms with E-state index in [0.717, 1.165) is 21.9 Å². The monoisotopic (exact) mass is 340 g/mol. The predicted molar refractivity (Wildman–Crippen MR) is 98.9 cm³/mol. The van der Waals surface area contributed by atoms with Gasteiger partial charge in [0.1, 0.15) is 5.75 Å². The van der Waals surface area contributed by atoms with Gasteiger partial charge in [-0.25, -0.2) is 0 Å². The minimum atomic E-state index is 0.0872. The van der Waals surface area contributed by atoms with Crippen molar-refractivity contribution >= 4 is 23.4 Å². The van der Waals surface area contributed by atoms with Crippen molar-refractivity contribution in [2.75, 3.05) is 24.9 Å². The normalized spacial score (nSPS) is 15.8. The van der Waals surface area contributed by atoms with Crippen molar-refractivity contribution in [1.82, 2.24) is 4.90 Å². The van der Waals surface area contributed by atoms with Gasteiger partial charge in [0, 0.05) is 25.5 Å². The lowest BCUT2D eigenvalue weighted by Crippen LogP contribution is -2.25. The first-order chi connectivity index (χ1) is 11.7. The number of ether oxygens (including phenoxy) is 1. The number of amides is 1. The molecule has 2 aromatic carbocycles. The summed E-state index contributed by atoms with van der Waals surface area (Å²) in [5.41, 5.74) is 2.16. The number of benzene rings is 2. The second-order valence-corrected chi connectivity index (χ2v) is 6.55. The third kappa shape index (κ3) is 3.74. The number of nitrogens with zero attached hydrogens (tertiary/aromatic N) is 2. The number of rotatable bonds is 5. The molecule has 0 aromatic heterocycles. The summed E-state index contributed by atoms with van der Waals surface area (Å²) >= 11 is 1.58. The molecule has 5 heteroatoms. The van der Waals surface area contributed by atoms with Crippen LogP contribution in [0, 0.1) is 0 Å². The molecule has 0 saturated carbocycles. The van der Waals surface area contributed by atoms with E-state index in [9.17, 15) is 4.79 Å². The van der Waals surface area contributed by atoms with Crippen molar-refractivity contribution in [3.8, 4) is 5.75 Å². The van der Waals surface area contributed by atoms with Crippen LogP contribution in [-0.2, 0) is 11.3 Å². The maximum Gasteiger partial charge on any atom is 0.262 e. The molecule has 1 heterocycles. The lowest BCUT2D eigenvalue weighted by Gasteiger charge is -2.16. The number of carbonyl (C=O) groups is 1. The van der Waals surface area contributed by atoms with Crippen molar-refractivity contribution in [1.29, 1.82) is 0 Å². The fraction of sp³-hybridized carbons (Fsp3) is 0.211. The van der Waals surface area contributed by atoms with Gasteiger partial charge in [-0.15, -0.1) is 0 Å². The van der Waals surface area contributed by atoms with E-state index in [1.54, 1.807) is 18.9 Å². The second-order valence-electron chi connectivity index (χ2n) is 5.56. The van der Waals surface area contributed by atoms with Crippen LogP contribution in [0.25, 0.3) is 0 Å². The highest BCUT2D eigenvalue weighted by atomic mass is 32.2. The number of hydrogen-bond donors (Lipinski definition) is 0. The van der Waals surface area contributed by atoms with E-state index in [-0.39, 0.29) is 5.91 Å². The van der Waals surface area contributed by atoms with Crippen LogP contribution >= 0.6 is 11.8 Å². The molecule has 2 aromatic rings. The van der Waals surface area contributed by atoms with Crippen LogP contribution in [0.5, 0.6) is 5.75 Å². The fourth-order valence-corrected chi connectivity index (χ4v) is 3.49. The Labute approximate surface area is 146 Å². The smallest absolute Gasteiger partial charge is 0.262 e. The van der Waals surface area contributed by atoms with Crippen molar-refractivity contribution < 1.29 is 9.53 Å². The molecule has 3 rings (SSSR count). The Kier molecular flexibility index (Phi) is 5.11. The van der Waals surface area contributed by atoms with Crippen molar-refractivity contribution in [3.05, 3.63) is 71.3 Å². The van der Waals surface area contributed by atoms with E-state index in [1.165, 1.54) is 0 Å². The van der Waals surface area contributed by atoms with Crippen LogP contribution in [0.15, 0.2) is 65.7 Å². The van der Waals surface area contributed by atoms with Crippen LogP contribution in [0.2, 0.25) is 0 Å². The minimum absolute atomic E-state index is 0.0872. The highest BCUT2D eigenvalue weighted by Crippen LogP contribution is 2.30. The Hall–Kier alpha value is -2.40. The van der Waals surface area contributed by atoms with E-state index >= 15 is 0 Å². The third-order valence-electron chi connectivity index (χ3n) is 3.88. The van der Waals surface area contributed by atoms with E-state index in [1.807, 2.05) is 77.6 Å². The van der Waals surface area contributed by atoms with Gasteiger partial charge >= 0.3 is 0 Å². The summed E-state index contributed by atoms with van der Waals surface area (Å²) < 4.78 is 5.17. The van der Waals surface area contributed by atoms with Gasteiger partial charge in [-0.2, -0.15) is 0 Å². The lowest BCUT2D eigenvalue weighted by atomic mass is 10.2. The van der Waals surface area contributed by atoms with Crippen LogP contribution in [-0.4, -0.2) is 30.8 Å². The van der Waals surface area contributed by atoms with Gasteiger partial charge in [0.25, 0.3) is 5.91 Å². The summed E-state index contributed by atoms with van der Waals surface area (Å²) in [6.45, 7) is 0.649.